The summed E-state index contributed by atoms with van der Waals surface area (Å²) in [5.74, 6) is 0.446. The Balaban J connectivity index is 1.87. The van der Waals surface area contributed by atoms with Crippen LogP contribution in [0.15, 0.2) is 30.9 Å². The summed E-state index contributed by atoms with van der Waals surface area (Å²) >= 11 is 0. The molecule has 0 radical (unpaired) electrons. The van der Waals surface area contributed by atoms with Crippen molar-refractivity contribution in [2.75, 3.05) is 11.9 Å². The number of nitrogens with zero attached hydrogens (tertiary/aromatic N) is 4. The minimum Gasteiger partial charge on any atom is -0.369 e. The van der Waals surface area contributed by atoms with Crippen LogP contribution in [0, 0.1) is 0 Å². The van der Waals surface area contributed by atoms with E-state index in [4.69, 9.17) is 0 Å². The van der Waals surface area contributed by atoms with E-state index in [-0.39, 0.29) is 11.9 Å². The average Bonchev–Trinajstić information content (AvgIpc) is 2.98. The van der Waals surface area contributed by atoms with Crippen LogP contribution >= 0.6 is 0 Å². The highest BCUT2D eigenvalue weighted by atomic mass is 16.1. The van der Waals surface area contributed by atoms with Crippen molar-refractivity contribution < 1.29 is 4.79 Å². The van der Waals surface area contributed by atoms with Gasteiger partial charge in [-0.05, 0) is 19.4 Å². The van der Waals surface area contributed by atoms with Crippen LogP contribution in [0.3, 0.4) is 0 Å². The van der Waals surface area contributed by atoms with Crippen molar-refractivity contribution in [1.29, 1.82) is 0 Å². The van der Waals surface area contributed by atoms with Gasteiger partial charge >= 0.3 is 0 Å². The number of hydrogen-bond acceptors (Lipinski definition) is 5. The van der Waals surface area contributed by atoms with Gasteiger partial charge in [-0.1, -0.05) is 6.92 Å². The lowest BCUT2D eigenvalue weighted by atomic mass is 10.3. The molecule has 0 aliphatic rings. The fourth-order valence-corrected chi connectivity index (χ4v) is 1.82. The van der Waals surface area contributed by atoms with E-state index in [9.17, 15) is 4.79 Å². The zero-order chi connectivity index (χ0) is 15.1. The van der Waals surface area contributed by atoms with Crippen molar-refractivity contribution in [3.05, 3.63) is 36.5 Å². The van der Waals surface area contributed by atoms with Crippen LogP contribution < -0.4 is 10.6 Å². The SMILES string of the molecule is CCCNc1cnc(C(=O)NC(C)Cn2cccn2)cn1. The van der Waals surface area contributed by atoms with E-state index in [2.05, 4.69) is 32.6 Å². The Morgan fingerprint density at radius 3 is 2.86 bits per heavy atom. The number of aromatic nitrogens is 4. The second kappa shape index (κ2) is 7.37. The molecule has 7 nitrogen and oxygen atoms in total. The van der Waals surface area contributed by atoms with Crippen LogP contribution in [-0.4, -0.2) is 38.2 Å². The molecule has 0 fully saturated rings. The first-order valence-corrected chi connectivity index (χ1v) is 7.03. The van der Waals surface area contributed by atoms with Gasteiger partial charge in [-0.2, -0.15) is 5.10 Å². The summed E-state index contributed by atoms with van der Waals surface area (Å²) in [6.45, 7) is 5.44. The predicted molar refractivity (Wildman–Crippen MR) is 80.0 cm³/mol. The lowest BCUT2D eigenvalue weighted by Crippen LogP contribution is -2.36. The first kappa shape index (κ1) is 15.0. The maximum absolute atomic E-state index is 12.0. The number of carbonyl (C=O) groups excluding carboxylic acids is 1. The number of carbonyl (C=O) groups is 1. The van der Waals surface area contributed by atoms with Gasteiger partial charge in [0.1, 0.15) is 11.5 Å². The molecule has 7 heteroatoms. The summed E-state index contributed by atoms with van der Waals surface area (Å²) in [5.41, 5.74) is 0.310. The predicted octanol–water partition coefficient (Wildman–Crippen LogP) is 1.31. The Morgan fingerprint density at radius 1 is 1.38 bits per heavy atom. The standard InChI is InChI=1S/C14H20N6O/c1-3-5-15-13-9-16-12(8-17-13)14(21)19-11(2)10-20-7-4-6-18-20/h4,6-9,11H,3,5,10H2,1-2H3,(H,15,17)(H,19,21). The quantitative estimate of drug-likeness (QED) is 0.802. The molecular formula is C14H20N6O. The number of rotatable bonds is 7. The normalized spacial score (nSPS) is 11.9. The van der Waals surface area contributed by atoms with E-state index in [1.165, 1.54) is 6.20 Å². The number of amides is 1. The first-order valence-electron chi connectivity index (χ1n) is 7.03. The molecule has 2 aromatic rings. The Labute approximate surface area is 123 Å². The molecule has 2 aromatic heterocycles. The third-order valence-electron chi connectivity index (χ3n) is 2.84. The highest BCUT2D eigenvalue weighted by Gasteiger charge is 2.12. The molecule has 2 N–H and O–H groups in total. The zero-order valence-corrected chi connectivity index (χ0v) is 12.3. The summed E-state index contributed by atoms with van der Waals surface area (Å²) in [4.78, 5) is 20.3. The van der Waals surface area contributed by atoms with Gasteiger partial charge < -0.3 is 10.6 Å². The molecule has 2 heterocycles. The summed E-state index contributed by atoms with van der Waals surface area (Å²) in [6, 6.07) is 1.80. The van der Waals surface area contributed by atoms with Crippen LogP contribution in [0.5, 0.6) is 0 Å². The lowest BCUT2D eigenvalue weighted by Gasteiger charge is -2.13. The van der Waals surface area contributed by atoms with E-state index >= 15 is 0 Å². The van der Waals surface area contributed by atoms with Crippen molar-refractivity contribution in [2.45, 2.75) is 32.9 Å². The molecule has 0 aliphatic heterocycles. The average molecular weight is 288 g/mol. The maximum atomic E-state index is 12.0. The second-order valence-corrected chi connectivity index (χ2v) is 4.82. The van der Waals surface area contributed by atoms with Crippen molar-refractivity contribution in [3.8, 4) is 0 Å². The molecule has 1 atom stereocenters. The number of anilines is 1. The maximum Gasteiger partial charge on any atom is 0.271 e. The van der Waals surface area contributed by atoms with Crippen molar-refractivity contribution >= 4 is 11.7 Å². The molecule has 1 amide bonds. The molecular weight excluding hydrogens is 268 g/mol. The van der Waals surface area contributed by atoms with Crippen molar-refractivity contribution in [1.82, 2.24) is 25.1 Å². The van der Waals surface area contributed by atoms with E-state index in [1.54, 1.807) is 17.1 Å². The van der Waals surface area contributed by atoms with Crippen molar-refractivity contribution in [2.24, 2.45) is 0 Å². The van der Waals surface area contributed by atoms with Crippen LogP contribution in [0.1, 0.15) is 30.8 Å². The summed E-state index contributed by atoms with van der Waals surface area (Å²) in [6.07, 6.45) is 7.63. The zero-order valence-electron chi connectivity index (χ0n) is 12.3. The van der Waals surface area contributed by atoms with E-state index in [1.807, 2.05) is 19.2 Å². The molecule has 21 heavy (non-hydrogen) atoms. The first-order chi connectivity index (χ1) is 10.2. The molecule has 0 saturated carbocycles. The molecule has 0 saturated heterocycles. The molecule has 0 aliphatic carbocycles. The summed E-state index contributed by atoms with van der Waals surface area (Å²) < 4.78 is 1.77. The van der Waals surface area contributed by atoms with Gasteiger partial charge in [-0.25, -0.2) is 9.97 Å². The highest BCUT2D eigenvalue weighted by Crippen LogP contribution is 2.02. The topological polar surface area (TPSA) is 84.7 Å². The van der Waals surface area contributed by atoms with Gasteiger partial charge in [-0.3, -0.25) is 9.48 Å². The lowest BCUT2D eigenvalue weighted by molar-refractivity contribution is 0.0930. The van der Waals surface area contributed by atoms with Gasteiger partial charge in [0.15, 0.2) is 0 Å². The van der Waals surface area contributed by atoms with Crippen LogP contribution in [0.25, 0.3) is 0 Å². The summed E-state index contributed by atoms with van der Waals surface area (Å²) in [5, 5.41) is 10.1. The molecule has 0 aromatic carbocycles. The second-order valence-electron chi connectivity index (χ2n) is 4.82. The van der Waals surface area contributed by atoms with Crippen molar-refractivity contribution in [3.63, 3.8) is 0 Å². The van der Waals surface area contributed by atoms with Crippen LogP contribution in [0.2, 0.25) is 0 Å². The van der Waals surface area contributed by atoms with E-state index in [0.717, 1.165) is 13.0 Å². The Kier molecular flexibility index (Phi) is 5.25. The van der Waals surface area contributed by atoms with Gasteiger partial charge in [0.25, 0.3) is 5.91 Å². The van der Waals surface area contributed by atoms with Gasteiger partial charge in [-0.15, -0.1) is 0 Å². The Morgan fingerprint density at radius 2 is 2.24 bits per heavy atom. The van der Waals surface area contributed by atoms with E-state index < -0.39 is 0 Å². The Bertz CT molecular complexity index is 551. The largest absolute Gasteiger partial charge is 0.369 e. The van der Waals surface area contributed by atoms with E-state index in [0.29, 0.717) is 18.1 Å². The number of nitrogens with one attached hydrogen (secondary N) is 2. The fourth-order valence-electron chi connectivity index (χ4n) is 1.82. The van der Waals surface area contributed by atoms with Crippen LogP contribution in [-0.2, 0) is 6.54 Å². The number of hydrogen-bond donors (Lipinski definition) is 2. The fraction of sp³-hybridized carbons (Fsp3) is 0.429. The minimum atomic E-state index is -0.232. The molecule has 2 rings (SSSR count). The Hall–Kier alpha value is -2.44. The third kappa shape index (κ3) is 4.55. The smallest absolute Gasteiger partial charge is 0.271 e. The molecule has 112 valence electrons. The monoisotopic (exact) mass is 288 g/mol. The summed E-state index contributed by atoms with van der Waals surface area (Å²) in [7, 11) is 0. The molecule has 0 spiro atoms. The van der Waals surface area contributed by atoms with Crippen LogP contribution in [0.4, 0.5) is 5.82 Å². The molecule has 1 unspecified atom stereocenters. The van der Waals surface area contributed by atoms with Gasteiger partial charge in [0.05, 0.1) is 18.9 Å². The highest BCUT2D eigenvalue weighted by molar-refractivity contribution is 5.92. The van der Waals surface area contributed by atoms with Gasteiger partial charge in [0, 0.05) is 25.0 Å². The minimum absolute atomic E-state index is 0.0444. The van der Waals surface area contributed by atoms with Gasteiger partial charge in [0.2, 0.25) is 0 Å². The molecule has 0 bridgehead atoms. The third-order valence-corrected chi connectivity index (χ3v) is 2.84.